The Hall–Kier alpha value is -5.08. The molecule has 2 atom stereocenters. The fourth-order valence-corrected chi connectivity index (χ4v) is 5.08. The molecule has 5 rings (SSSR count). The highest BCUT2D eigenvalue weighted by molar-refractivity contribution is 7.99. The number of rotatable bonds is 5. The molecule has 0 fully saturated rings. The van der Waals surface area contributed by atoms with Crippen molar-refractivity contribution in [1.29, 1.82) is 0 Å². The monoisotopic (exact) mass is 536 g/mol. The summed E-state index contributed by atoms with van der Waals surface area (Å²) < 4.78 is 14.5. The molecule has 0 aliphatic carbocycles. The molecule has 0 bridgehead atoms. The van der Waals surface area contributed by atoms with Gasteiger partial charge in [-0.25, -0.2) is 19.9 Å². The molecule has 0 saturated carbocycles. The quantitative estimate of drug-likeness (QED) is 0.256. The summed E-state index contributed by atoms with van der Waals surface area (Å²) in [5.74, 6) is 10.6. The highest BCUT2D eigenvalue weighted by Crippen LogP contribution is 2.26. The van der Waals surface area contributed by atoms with Crippen LogP contribution in [0, 0.1) is 11.8 Å². The lowest BCUT2D eigenvalue weighted by atomic mass is 10.2. The highest BCUT2D eigenvalue weighted by atomic mass is 32.2. The molecular formula is C28H24N8O2S. The van der Waals surface area contributed by atoms with Crippen LogP contribution >= 0.6 is 0 Å². The minimum atomic E-state index is -2.70. The van der Waals surface area contributed by atoms with Crippen LogP contribution in [0.2, 0.25) is 0 Å². The largest absolute Gasteiger partial charge is 0.382 e. The molecule has 0 spiro atoms. The number of anilines is 2. The van der Waals surface area contributed by atoms with Crippen molar-refractivity contribution in [2.75, 3.05) is 17.3 Å². The van der Waals surface area contributed by atoms with E-state index in [0.717, 1.165) is 0 Å². The standard InChI is InChI=1S/C28H24N8O2S/c1-18(34-26-21(25(29)32-17-33-26)13-12-19-16-30-14-15-31-19)27-35-22-10-7-11-23(39(2,3)38)24(22)28(37)36(27)20-8-5-4-6-9-20/h4-11,14-18H,2H2,1,3H3,(H3,29,32,33,34). The van der Waals surface area contributed by atoms with Crippen LogP contribution in [0.25, 0.3) is 16.6 Å². The number of nitrogens with zero attached hydrogens (tertiary/aromatic N) is 6. The van der Waals surface area contributed by atoms with Crippen molar-refractivity contribution in [3.63, 3.8) is 0 Å². The van der Waals surface area contributed by atoms with Crippen LogP contribution in [-0.4, -0.2) is 45.8 Å². The number of aromatic nitrogens is 6. The number of para-hydroxylation sites is 1. The summed E-state index contributed by atoms with van der Waals surface area (Å²) in [6.07, 6.45) is 7.47. The van der Waals surface area contributed by atoms with Crippen LogP contribution in [0.1, 0.15) is 30.0 Å². The van der Waals surface area contributed by atoms with Gasteiger partial charge in [-0.05, 0) is 52.5 Å². The van der Waals surface area contributed by atoms with Gasteiger partial charge in [0.15, 0.2) is 0 Å². The Morgan fingerprint density at radius 2 is 1.85 bits per heavy atom. The van der Waals surface area contributed by atoms with Crippen molar-refractivity contribution >= 4 is 37.9 Å². The van der Waals surface area contributed by atoms with Gasteiger partial charge in [-0.1, -0.05) is 30.2 Å². The molecule has 0 radical (unpaired) electrons. The molecular weight excluding hydrogens is 512 g/mol. The second kappa shape index (κ2) is 10.4. The molecule has 10 nitrogen and oxygen atoms in total. The number of hydrogen-bond donors (Lipinski definition) is 2. The van der Waals surface area contributed by atoms with Crippen LogP contribution < -0.4 is 16.6 Å². The maximum absolute atomic E-state index is 14.0. The fourth-order valence-electron chi connectivity index (χ4n) is 4.09. The van der Waals surface area contributed by atoms with Crippen molar-refractivity contribution in [1.82, 2.24) is 29.5 Å². The topological polar surface area (TPSA) is 142 Å². The Morgan fingerprint density at radius 3 is 2.56 bits per heavy atom. The Kier molecular flexibility index (Phi) is 6.79. The zero-order valence-electron chi connectivity index (χ0n) is 21.2. The predicted octanol–water partition coefficient (Wildman–Crippen LogP) is 2.83. The number of nitrogens with two attached hydrogens (primary N) is 1. The van der Waals surface area contributed by atoms with E-state index in [9.17, 15) is 9.00 Å². The first-order valence-electron chi connectivity index (χ1n) is 11.8. The third kappa shape index (κ3) is 5.18. The molecule has 3 heterocycles. The SMILES string of the molecule is C=S(C)(=O)c1cccc2nc(C(C)Nc3ncnc(N)c3C#Cc3cnccn3)n(-c3ccccc3)c(=O)c12. The lowest BCUT2D eigenvalue weighted by Gasteiger charge is -2.21. The average molecular weight is 537 g/mol. The number of benzene rings is 2. The summed E-state index contributed by atoms with van der Waals surface area (Å²) in [6.45, 7) is 1.85. The van der Waals surface area contributed by atoms with E-state index >= 15 is 0 Å². The zero-order chi connectivity index (χ0) is 27.6. The number of nitrogen functional groups attached to an aromatic ring is 1. The van der Waals surface area contributed by atoms with Gasteiger partial charge in [-0.3, -0.25) is 18.6 Å². The first-order valence-corrected chi connectivity index (χ1v) is 14.0. The van der Waals surface area contributed by atoms with Crippen molar-refractivity contribution in [2.24, 2.45) is 0 Å². The van der Waals surface area contributed by atoms with E-state index in [1.165, 1.54) is 23.3 Å². The second-order valence-corrected chi connectivity index (χ2v) is 11.2. The predicted molar refractivity (Wildman–Crippen MR) is 153 cm³/mol. The summed E-state index contributed by atoms with van der Waals surface area (Å²) >= 11 is 0. The van der Waals surface area contributed by atoms with Gasteiger partial charge >= 0.3 is 0 Å². The van der Waals surface area contributed by atoms with E-state index in [4.69, 9.17) is 10.7 Å². The maximum atomic E-state index is 14.0. The Morgan fingerprint density at radius 1 is 1.05 bits per heavy atom. The molecule has 39 heavy (non-hydrogen) atoms. The minimum absolute atomic E-state index is 0.181. The first kappa shape index (κ1) is 25.6. The molecule has 11 heteroatoms. The van der Waals surface area contributed by atoms with Crippen molar-refractivity contribution < 1.29 is 4.21 Å². The van der Waals surface area contributed by atoms with Gasteiger partial charge in [0.05, 0.1) is 28.8 Å². The third-order valence-electron chi connectivity index (χ3n) is 5.86. The zero-order valence-corrected chi connectivity index (χ0v) is 22.0. The van der Waals surface area contributed by atoms with Crippen LogP contribution in [0.3, 0.4) is 0 Å². The molecule has 0 aliphatic rings. The van der Waals surface area contributed by atoms with Gasteiger partial charge in [-0.2, -0.15) is 0 Å². The molecule has 2 unspecified atom stereocenters. The number of hydrogen-bond acceptors (Lipinski definition) is 9. The van der Waals surface area contributed by atoms with Crippen molar-refractivity contribution in [2.45, 2.75) is 17.9 Å². The molecule has 3 aromatic heterocycles. The van der Waals surface area contributed by atoms with Crippen molar-refractivity contribution in [3.05, 3.63) is 101 Å². The summed E-state index contributed by atoms with van der Waals surface area (Å²) in [5.41, 5.74) is 7.64. The normalized spacial score (nSPS) is 13.2. The van der Waals surface area contributed by atoms with Crippen LogP contribution in [-0.2, 0) is 9.52 Å². The van der Waals surface area contributed by atoms with E-state index in [1.54, 1.807) is 30.6 Å². The lowest BCUT2D eigenvalue weighted by molar-refractivity contribution is 0.685. The third-order valence-corrected chi connectivity index (χ3v) is 7.13. The summed E-state index contributed by atoms with van der Waals surface area (Å²) in [6, 6.07) is 13.7. The van der Waals surface area contributed by atoms with Gasteiger partial charge in [0.1, 0.15) is 35.0 Å². The molecule has 0 saturated heterocycles. The Balaban J connectivity index is 1.67. The number of nitrogens with one attached hydrogen (secondary N) is 1. The Bertz CT molecular complexity index is 1910. The highest BCUT2D eigenvalue weighted by Gasteiger charge is 2.22. The lowest BCUT2D eigenvalue weighted by Crippen LogP contribution is -2.28. The second-order valence-electron chi connectivity index (χ2n) is 8.79. The summed E-state index contributed by atoms with van der Waals surface area (Å²) in [5, 5.41) is 3.56. The first-order chi connectivity index (χ1) is 18.7. The van der Waals surface area contributed by atoms with Crippen molar-refractivity contribution in [3.8, 4) is 17.5 Å². The van der Waals surface area contributed by atoms with Crippen LogP contribution in [0.5, 0.6) is 0 Å². The molecule has 5 aromatic rings. The van der Waals surface area contributed by atoms with E-state index in [1.807, 2.05) is 37.3 Å². The van der Waals surface area contributed by atoms with Gasteiger partial charge < -0.3 is 11.1 Å². The van der Waals surface area contributed by atoms with Gasteiger partial charge in [-0.15, -0.1) is 0 Å². The molecule has 0 aliphatic heterocycles. The van der Waals surface area contributed by atoms with Crippen LogP contribution in [0.4, 0.5) is 11.6 Å². The summed E-state index contributed by atoms with van der Waals surface area (Å²) in [7, 11) is -2.70. The summed E-state index contributed by atoms with van der Waals surface area (Å²) in [4.78, 5) is 35.8. The minimum Gasteiger partial charge on any atom is -0.382 e. The van der Waals surface area contributed by atoms with Gasteiger partial charge in [0, 0.05) is 23.5 Å². The van der Waals surface area contributed by atoms with E-state index in [-0.39, 0.29) is 16.8 Å². The van der Waals surface area contributed by atoms with Gasteiger partial charge in [0.2, 0.25) is 0 Å². The van der Waals surface area contributed by atoms with E-state index in [2.05, 4.69) is 43.0 Å². The van der Waals surface area contributed by atoms with Crippen LogP contribution in [0.15, 0.2) is 83.1 Å². The molecule has 0 amide bonds. The molecule has 2 aromatic carbocycles. The van der Waals surface area contributed by atoms with E-state index in [0.29, 0.717) is 39.0 Å². The van der Waals surface area contributed by atoms with E-state index < -0.39 is 15.6 Å². The maximum Gasteiger partial charge on any atom is 0.267 e. The number of fused-ring (bicyclic) bond motifs is 1. The fraction of sp³-hybridized carbons (Fsp3) is 0.107. The average Bonchev–Trinajstić information content (AvgIpc) is 2.93. The Labute approximate surface area is 225 Å². The smallest absolute Gasteiger partial charge is 0.267 e. The molecule has 3 N–H and O–H groups in total. The molecule has 194 valence electrons. The van der Waals surface area contributed by atoms with Gasteiger partial charge in [0.25, 0.3) is 5.56 Å².